The van der Waals surface area contributed by atoms with E-state index in [0.29, 0.717) is 37.0 Å². The van der Waals surface area contributed by atoms with Crippen LogP contribution in [0.4, 0.5) is 4.79 Å². The predicted molar refractivity (Wildman–Crippen MR) is 101 cm³/mol. The number of hydroxylamine groups is 2. The van der Waals surface area contributed by atoms with Crippen LogP contribution in [0.25, 0.3) is 0 Å². The van der Waals surface area contributed by atoms with Crippen molar-refractivity contribution in [3.8, 4) is 0 Å². The third-order valence-corrected chi connectivity index (χ3v) is 5.44. The third kappa shape index (κ3) is 5.41. The minimum Gasteiger partial charge on any atom is -0.355 e. The van der Waals surface area contributed by atoms with Gasteiger partial charge in [-0.2, -0.15) is 0 Å². The van der Waals surface area contributed by atoms with Crippen molar-refractivity contribution < 1.29 is 24.0 Å². The first kappa shape index (κ1) is 22.1. The topological polar surface area (TPSA) is 111 Å². The highest BCUT2D eigenvalue weighted by Gasteiger charge is 2.38. The van der Waals surface area contributed by atoms with Crippen LogP contribution in [0.2, 0.25) is 0 Å². The Labute approximate surface area is 165 Å². The van der Waals surface area contributed by atoms with Crippen molar-refractivity contribution >= 4 is 23.8 Å². The molecule has 2 heterocycles. The van der Waals surface area contributed by atoms with E-state index in [9.17, 15) is 19.2 Å². The van der Waals surface area contributed by atoms with Crippen molar-refractivity contribution in [2.24, 2.45) is 0 Å². The minimum atomic E-state index is -0.831. The third-order valence-electron chi connectivity index (χ3n) is 5.44. The second-order valence-corrected chi connectivity index (χ2v) is 7.53. The van der Waals surface area contributed by atoms with Crippen LogP contribution in [0.1, 0.15) is 39.5 Å². The van der Waals surface area contributed by atoms with Crippen molar-refractivity contribution in [2.75, 3.05) is 33.7 Å². The van der Waals surface area contributed by atoms with Crippen LogP contribution in [-0.2, 0) is 19.2 Å². The van der Waals surface area contributed by atoms with Gasteiger partial charge in [-0.1, -0.05) is 0 Å². The minimum absolute atomic E-state index is 0.00665. The predicted octanol–water partition coefficient (Wildman–Crippen LogP) is -0.304. The zero-order chi connectivity index (χ0) is 20.8. The van der Waals surface area contributed by atoms with Gasteiger partial charge < -0.3 is 15.5 Å². The lowest BCUT2D eigenvalue weighted by Gasteiger charge is -2.46. The Hall–Kier alpha value is -2.20. The Bertz CT molecular complexity index is 597. The quantitative estimate of drug-likeness (QED) is 0.258. The molecule has 28 heavy (non-hydrogen) atoms. The first-order chi connectivity index (χ1) is 13.2. The van der Waals surface area contributed by atoms with E-state index in [1.54, 1.807) is 0 Å². The van der Waals surface area contributed by atoms with E-state index in [2.05, 4.69) is 34.3 Å². The molecule has 2 fully saturated rings. The molecule has 4 amide bonds. The average molecular weight is 407 g/mol. The first-order valence-corrected chi connectivity index (χ1v) is 9.73. The molecule has 0 bridgehead atoms. The Morgan fingerprint density at radius 3 is 2.21 bits per heavy atom. The molecule has 158 valence electrons. The molecule has 3 atom stereocenters. The molecular weight excluding hydrogens is 376 g/mol. The number of likely N-dealkylation sites (N-methyl/N-ethyl adjacent to an activating group) is 2. The zero-order valence-electron chi connectivity index (χ0n) is 17.1. The van der Waals surface area contributed by atoms with E-state index in [1.165, 1.54) is 0 Å². The number of nitrogens with zero attached hydrogens (tertiary/aromatic N) is 3. The van der Waals surface area contributed by atoms with E-state index in [1.807, 2.05) is 14.1 Å². The molecule has 2 aliphatic heterocycles. The summed E-state index contributed by atoms with van der Waals surface area (Å²) < 4.78 is 0. The van der Waals surface area contributed by atoms with Crippen molar-refractivity contribution in [3.05, 3.63) is 0 Å². The van der Waals surface area contributed by atoms with Crippen molar-refractivity contribution in [3.63, 3.8) is 0 Å². The summed E-state index contributed by atoms with van der Waals surface area (Å²) in [6.07, 6.45) is 0.613. The number of carbonyl (C=O) groups is 4. The number of rotatable bonds is 7. The summed E-state index contributed by atoms with van der Waals surface area (Å²) in [7, 11) is 4.01. The van der Waals surface area contributed by atoms with Gasteiger partial charge in [-0.05, 0) is 40.8 Å². The molecule has 10 nitrogen and oxygen atoms in total. The molecule has 0 aliphatic carbocycles. The molecule has 0 aromatic rings. The Morgan fingerprint density at radius 1 is 1.04 bits per heavy atom. The van der Waals surface area contributed by atoms with Gasteiger partial charge in [0.1, 0.15) is 6.04 Å². The van der Waals surface area contributed by atoms with Gasteiger partial charge in [0.05, 0.1) is 0 Å². The van der Waals surface area contributed by atoms with Gasteiger partial charge in [-0.3, -0.25) is 24.2 Å². The molecule has 2 aliphatic rings. The average Bonchev–Trinajstić information content (AvgIpc) is 2.94. The normalized spacial score (nSPS) is 26.4. The maximum Gasteiger partial charge on any atom is 0.432 e. The van der Waals surface area contributed by atoms with Crippen molar-refractivity contribution in [1.29, 1.82) is 0 Å². The van der Waals surface area contributed by atoms with Gasteiger partial charge in [0.2, 0.25) is 5.91 Å². The molecule has 10 heteroatoms. The van der Waals surface area contributed by atoms with Crippen molar-refractivity contribution in [2.45, 2.75) is 57.7 Å². The van der Waals surface area contributed by atoms with Crippen LogP contribution in [0.15, 0.2) is 0 Å². The second-order valence-electron chi connectivity index (χ2n) is 7.53. The summed E-state index contributed by atoms with van der Waals surface area (Å²) in [4.78, 5) is 55.9. The maximum atomic E-state index is 12.5. The molecule has 0 saturated carbocycles. The summed E-state index contributed by atoms with van der Waals surface area (Å²) >= 11 is 0. The molecule has 2 saturated heterocycles. The molecule has 2 N–H and O–H groups in total. The number of carbonyl (C=O) groups excluding carboxylic acids is 4. The Morgan fingerprint density at radius 2 is 1.61 bits per heavy atom. The van der Waals surface area contributed by atoms with E-state index in [4.69, 9.17) is 4.84 Å². The maximum absolute atomic E-state index is 12.5. The fourth-order valence-corrected chi connectivity index (χ4v) is 3.60. The number of nitrogens with one attached hydrogen (secondary N) is 2. The number of amides is 4. The number of piperazine rings is 1. The van der Waals surface area contributed by atoms with Gasteiger partial charge in [0.25, 0.3) is 11.8 Å². The highest BCUT2D eigenvalue weighted by Crippen LogP contribution is 2.18. The highest BCUT2D eigenvalue weighted by atomic mass is 16.8. The molecule has 0 spiro atoms. The summed E-state index contributed by atoms with van der Waals surface area (Å²) in [5.41, 5.74) is 0. The van der Waals surface area contributed by atoms with Crippen LogP contribution in [0.3, 0.4) is 0 Å². The van der Waals surface area contributed by atoms with E-state index in [0.717, 1.165) is 6.54 Å². The van der Waals surface area contributed by atoms with E-state index in [-0.39, 0.29) is 30.8 Å². The fourth-order valence-electron chi connectivity index (χ4n) is 3.60. The molecular formula is C18H31N5O5. The van der Waals surface area contributed by atoms with E-state index >= 15 is 0 Å². The number of hydrogen-bond donors (Lipinski definition) is 2. The second kappa shape index (κ2) is 9.83. The molecule has 0 aromatic heterocycles. The number of unbranched alkanes of at least 4 members (excludes halogenated alkanes) is 1. The van der Waals surface area contributed by atoms with Crippen LogP contribution < -0.4 is 10.6 Å². The zero-order valence-corrected chi connectivity index (χ0v) is 17.1. The van der Waals surface area contributed by atoms with Crippen LogP contribution in [-0.4, -0.2) is 90.5 Å². The van der Waals surface area contributed by atoms with Crippen LogP contribution in [0.5, 0.6) is 0 Å². The highest BCUT2D eigenvalue weighted by molar-refractivity contribution is 6.01. The lowest BCUT2D eigenvalue weighted by Crippen LogP contribution is -2.64. The summed E-state index contributed by atoms with van der Waals surface area (Å²) in [5, 5.41) is 5.96. The first-order valence-electron chi connectivity index (χ1n) is 9.73. The summed E-state index contributed by atoms with van der Waals surface area (Å²) in [5.74, 6) is -1.01. The number of hydrogen-bond acceptors (Lipinski definition) is 7. The van der Waals surface area contributed by atoms with Gasteiger partial charge in [-0.15, -0.1) is 5.06 Å². The molecule has 2 rings (SSSR count). The molecule has 0 radical (unpaired) electrons. The van der Waals surface area contributed by atoms with Crippen LogP contribution in [0, 0.1) is 0 Å². The lowest BCUT2D eigenvalue weighted by molar-refractivity contribution is -0.171. The molecule has 0 aromatic carbocycles. The van der Waals surface area contributed by atoms with Gasteiger partial charge in [-0.25, -0.2) is 4.79 Å². The van der Waals surface area contributed by atoms with Gasteiger partial charge in [0.15, 0.2) is 0 Å². The Balaban J connectivity index is 1.61. The van der Waals surface area contributed by atoms with Gasteiger partial charge >= 0.3 is 6.09 Å². The smallest absolute Gasteiger partial charge is 0.355 e. The Kier molecular flexibility index (Phi) is 7.76. The molecule has 3 unspecified atom stereocenters. The number of imide groups is 1. The summed E-state index contributed by atoms with van der Waals surface area (Å²) in [6.45, 7) is 5.88. The largest absolute Gasteiger partial charge is 0.432 e. The fraction of sp³-hybridized carbons (Fsp3) is 0.778. The van der Waals surface area contributed by atoms with Crippen molar-refractivity contribution in [1.82, 2.24) is 25.5 Å². The lowest BCUT2D eigenvalue weighted by atomic mass is 10.3. The van der Waals surface area contributed by atoms with Gasteiger partial charge in [0, 0.05) is 44.6 Å². The monoisotopic (exact) mass is 407 g/mol. The SMILES string of the molecule is C[13CH]1[13CH](C(=O)[15NH]CCCC[15NH][13C](=O)ON2C(=O)CCC2=O)N([13CH3])[13CH2][13CH]([13CH3])N1[13CH3]. The standard InChI is InChI=1S/C18H31N5O5/c1-12-11-21(3)16(13(2)22(12)4)17(26)19-9-5-6-10-20-18(27)28-23-14(24)7-8-15(23)25/h12-13,16H,5-11H2,1-4H3,(H,19,26)(H,20,27)/i1+1,3+1,4+1,11+1,12+1,13+1,16+1,18+1,19+1,20+1. The van der Waals surface area contributed by atoms with Crippen LogP contribution >= 0.6 is 0 Å². The van der Waals surface area contributed by atoms with E-state index < -0.39 is 17.9 Å². The summed E-state index contributed by atoms with van der Waals surface area (Å²) in [6, 6.07) is 0.340.